The van der Waals surface area contributed by atoms with Crippen molar-refractivity contribution >= 4 is 22.7 Å². The Morgan fingerprint density at radius 2 is 2.14 bits per heavy atom. The minimum absolute atomic E-state index is 0.108. The van der Waals surface area contributed by atoms with Gasteiger partial charge in [0.1, 0.15) is 0 Å². The first kappa shape index (κ1) is 8.00. The standard InChI is InChI=1S/C11H7NOS/c13-10-8-4-2-1-3-7(8)9-5-6-14-11(9)12-10/h1-6,9H. The Morgan fingerprint density at radius 1 is 1.29 bits per heavy atom. The summed E-state index contributed by atoms with van der Waals surface area (Å²) in [4.78, 5) is 15.7. The van der Waals surface area contributed by atoms with Crippen LogP contribution in [0.3, 0.4) is 0 Å². The fourth-order valence-electron chi connectivity index (χ4n) is 1.80. The molecule has 14 heavy (non-hydrogen) atoms. The molecule has 1 aromatic rings. The largest absolute Gasteiger partial charge is 0.278 e. The quantitative estimate of drug-likeness (QED) is 0.645. The molecule has 0 bridgehead atoms. The van der Waals surface area contributed by atoms with E-state index in [-0.39, 0.29) is 11.8 Å². The summed E-state index contributed by atoms with van der Waals surface area (Å²) in [6.07, 6.45) is 2.09. The van der Waals surface area contributed by atoms with E-state index >= 15 is 0 Å². The molecule has 0 aliphatic carbocycles. The normalized spacial score (nSPS) is 23.0. The molecule has 3 heteroatoms. The zero-order valence-electron chi connectivity index (χ0n) is 7.31. The second-order valence-corrected chi connectivity index (χ2v) is 4.19. The number of allylic oxidation sites excluding steroid dienone is 1. The zero-order valence-corrected chi connectivity index (χ0v) is 8.12. The van der Waals surface area contributed by atoms with Crippen molar-refractivity contribution in [3.8, 4) is 0 Å². The van der Waals surface area contributed by atoms with Gasteiger partial charge in [-0.3, -0.25) is 4.79 Å². The maximum Gasteiger partial charge on any atom is 0.278 e. The van der Waals surface area contributed by atoms with Crippen LogP contribution in [0.25, 0.3) is 0 Å². The molecule has 1 aromatic carbocycles. The molecular weight excluding hydrogens is 194 g/mol. The van der Waals surface area contributed by atoms with Crippen molar-refractivity contribution in [3.63, 3.8) is 0 Å². The number of nitrogens with zero attached hydrogens (tertiary/aromatic N) is 1. The van der Waals surface area contributed by atoms with E-state index < -0.39 is 0 Å². The third kappa shape index (κ3) is 0.990. The van der Waals surface area contributed by atoms with Crippen LogP contribution in [0.15, 0.2) is 40.7 Å². The van der Waals surface area contributed by atoms with E-state index in [1.807, 2.05) is 29.7 Å². The number of hydrogen-bond acceptors (Lipinski definition) is 2. The Bertz CT molecular complexity index is 476. The monoisotopic (exact) mass is 201 g/mol. The molecule has 3 rings (SSSR count). The number of amides is 1. The van der Waals surface area contributed by atoms with Crippen molar-refractivity contribution in [1.82, 2.24) is 0 Å². The third-order valence-electron chi connectivity index (χ3n) is 2.46. The van der Waals surface area contributed by atoms with E-state index in [2.05, 4.69) is 11.1 Å². The first-order chi connectivity index (χ1) is 6.86. The third-order valence-corrected chi connectivity index (χ3v) is 3.34. The number of aliphatic imine (C=N–C) groups is 1. The SMILES string of the molecule is O=C1N=C2SC=CC2c2ccccc21. The molecule has 2 heterocycles. The lowest BCUT2D eigenvalue weighted by Crippen LogP contribution is -2.16. The van der Waals surface area contributed by atoms with E-state index in [1.54, 1.807) is 11.8 Å². The molecule has 0 aromatic heterocycles. The second-order valence-electron chi connectivity index (χ2n) is 3.27. The summed E-state index contributed by atoms with van der Waals surface area (Å²) >= 11 is 1.54. The van der Waals surface area contributed by atoms with Crippen molar-refractivity contribution in [2.24, 2.45) is 4.99 Å². The molecule has 2 aliphatic rings. The summed E-state index contributed by atoms with van der Waals surface area (Å²) in [7, 11) is 0. The molecule has 2 nitrogen and oxygen atoms in total. The highest BCUT2D eigenvalue weighted by Crippen LogP contribution is 2.37. The summed E-state index contributed by atoms with van der Waals surface area (Å²) in [5, 5.41) is 2.91. The van der Waals surface area contributed by atoms with Gasteiger partial charge in [0, 0.05) is 5.56 Å². The first-order valence-electron chi connectivity index (χ1n) is 4.41. The van der Waals surface area contributed by atoms with Gasteiger partial charge in [-0.1, -0.05) is 36.0 Å². The fraction of sp³-hybridized carbons (Fsp3) is 0.0909. The van der Waals surface area contributed by atoms with Crippen LogP contribution < -0.4 is 0 Å². The van der Waals surface area contributed by atoms with Crippen molar-refractivity contribution in [2.45, 2.75) is 5.92 Å². The number of fused-ring (bicyclic) bond motifs is 3. The minimum atomic E-state index is -0.108. The number of benzene rings is 1. The van der Waals surface area contributed by atoms with Crippen LogP contribution in [0.4, 0.5) is 0 Å². The number of carbonyl (C=O) groups excluding carboxylic acids is 1. The van der Waals surface area contributed by atoms with Gasteiger partial charge in [0.05, 0.1) is 11.0 Å². The van der Waals surface area contributed by atoms with Crippen LogP contribution >= 0.6 is 11.8 Å². The fourth-order valence-corrected chi connectivity index (χ4v) is 2.66. The van der Waals surface area contributed by atoms with Crippen molar-refractivity contribution < 1.29 is 4.79 Å². The van der Waals surface area contributed by atoms with Gasteiger partial charge >= 0.3 is 0 Å². The smallest absolute Gasteiger partial charge is 0.267 e. The summed E-state index contributed by atoms with van der Waals surface area (Å²) in [6.45, 7) is 0. The maximum atomic E-state index is 11.6. The first-order valence-corrected chi connectivity index (χ1v) is 5.29. The molecule has 68 valence electrons. The summed E-state index contributed by atoms with van der Waals surface area (Å²) < 4.78 is 0. The van der Waals surface area contributed by atoms with E-state index in [0.717, 1.165) is 16.2 Å². The van der Waals surface area contributed by atoms with E-state index in [0.29, 0.717) is 0 Å². The lowest BCUT2D eigenvalue weighted by Gasteiger charge is -2.17. The number of rotatable bonds is 0. The highest BCUT2D eigenvalue weighted by molar-refractivity contribution is 8.17. The van der Waals surface area contributed by atoms with Gasteiger partial charge in [0.25, 0.3) is 5.91 Å². The van der Waals surface area contributed by atoms with Gasteiger partial charge in [-0.2, -0.15) is 0 Å². The number of thioether (sulfide) groups is 1. The maximum absolute atomic E-state index is 11.6. The molecule has 1 amide bonds. The number of carbonyl (C=O) groups is 1. The summed E-state index contributed by atoms with van der Waals surface area (Å²) in [6, 6.07) is 7.69. The Hall–Kier alpha value is -1.35. The van der Waals surface area contributed by atoms with Crippen molar-refractivity contribution in [3.05, 3.63) is 46.9 Å². The minimum Gasteiger partial charge on any atom is -0.267 e. The zero-order chi connectivity index (χ0) is 9.54. The Kier molecular flexibility index (Phi) is 1.61. The van der Waals surface area contributed by atoms with Gasteiger partial charge < -0.3 is 0 Å². The average molecular weight is 201 g/mol. The van der Waals surface area contributed by atoms with E-state index in [1.165, 1.54) is 0 Å². The van der Waals surface area contributed by atoms with Crippen LogP contribution in [-0.4, -0.2) is 11.0 Å². The summed E-state index contributed by atoms with van der Waals surface area (Å²) in [5.74, 6) is 0.108. The molecule has 0 spiro atoms. The van der Waals surface area contributed by atoms with Crippen LogP contribution in [0.2, 0.25) is 0 Å². The molecule has 0 N–H and O–H groups in total. The van der Waals surface area contributed by atoms with Crippen LogP contribution in [0, 0.1) is 0 Å². The highest BCUT2D eigenvalue weighted by Gasteiger charge is 2.29. The van der Waals surface area contributed by atoms with Gasteiger partial charge in [0.15, 0.2) is 0 Å². The predicted octanol–water partition coefficient (Wildman–Crippen LogP) is 2.58. The molecule has 1 unspecified atom stereocenters. The molecule has 2 aliphatic heterocycles. The molecule has 1 atom stereocenters. The van der Waals surface area contributed by atoms with Gasteiger partial charge in [-0.15, -0.1) is 0 Å². The second kappa shape index (κ2) is 2.82. The van der Waals surface area contributed by atoms with Crippen molar-refractivity contribution in [1.29, 1.82) is 0 Å². The Labute approximate surface area is 85.7 Å². The lowest BCUT2D eigenvalue weighted by atomic mass is 9.92. The number of hydrogen-bond donors (Lipinski definition) is 0. The molecule has 0 saturated carbocycles. The lowest BCUT2D eigenvalue weighted by molar-refractivity contribution is 0.1000. The van der Waals surface area contributed by atoms with Gasteiger partial charge in [-0.05, 0) is 17.0 Å². The topological polar surface area (TPSA) is 29.4 Å². The van der Waals surface area contributed by atoms with E-state index in [4.69, 9.17) is 0 Å². The van der Waals surface area contributed by atoms with Gasteiger partial charge in [0.2, 0.25) is 0 Å². The molecular formula is C11H7NOS. The molecule has 0 radical (unpaired) electrons. The predicted molar refractivity (Wildman–Crippen MR) is 57.7 cm³/mol. The Morgan fingerprint density at radius 3 is 3.07 bits per heavy atom. The highest BCUT2D eigenvalue weighted by atomic mass is 32.2. The van der Waals surface area contributed by atoms with Crippen LogP contribution in [0.5, 0.6) is 0 Å². The van der Waals surface area contributed by atoms with E-state index in [9.17, 15) is 4.79 Å². The molecule has 0 saturated heterocycles. The summed E-state index contributed by atoms with van der Waals surface area (Å²) in [5.41, 5.74) is 1.83. The van der Waals surface area contributed by atoms with Crippen LogP contribution in [0.1, 0.15) is 21.8 Å². The average Bonchev–Trinajstić information content (AvgIpc) is 2.66. The molecule has 0 fully saturated rings. The Balaban J connectivity index is 2.25. The van der Waals surface area contributed by atoms with Crippen LogP contribution in [-0.2, 0) is 0 Å². The van der Waals surface area contributed by atoms with Crippen molar-refractivity contribution in [2.75, 3.05) is 0 Å². The van der Waals surface area contributed by atoms with Gasteiger partial charge in [-0.25, -0.2) is 4.99 Å².